The van der Waals surface area contributed by atoms with Crippen molar-refractivity contribution in [2.75, 3.05) is 23.3 Å². The Labute approximate surface area is 183 Å². The maximum atomic E-state index is 13.3. The number of nitrogens with one attached hydrogen (secondary N) is 1. The van der Waals surface area contributed by atoms with Crippen molar-refractivity contribution >= 4 is 27.3 Å². The smallest absolute Gasteiger partial charge is 0.416 e. The summed E-state index contributed by atoms with van der Waals surface area (Å²) in [5.74, 6) is -0.444. The molecule has 1 amide bonds. The molecule has 0 saturated carbocycles. The first-order chi connectivity index (χ1) is 15.1. The summed E-state index contributed by atoms with van der Waals surface area (Å²) in [6, 6.07) is 17.7. The first-order valence-corrected chi connectivity index (χ1v) is 10.7. The molecule has 0 aliphatic rings. The molecule has 0 radical (unpaired) electrons. The van der Waals surface area contributed by atoms with Crippen LogP contribution in [0.5, 0.6) is 5.75 Å². The van der Waals surface area contributed by atoms with Gasteiger partial charge in [-0.3, -0.25) is 9.10 Å². The number of hydrogen-bond donors (Lipinski definition) is 1. The van der Waals surface area contributed by atoms with E-state index in [-0.39, 0.29) is 16.3 Å². The third-order valence-corrected chi connectivity index (χ3v) is 6.22. The molecule has 32 heavy (non-hydrogen) atoms. The zero-order valence-corrected chi connectivity index (χ0v) is 17.7. The molecule has 6 nitrogen and oxygen atoms in total. The molecule has 3 aromatic rings. The van der Waals surface area contributed by atoms with Gasteiger partial charge in [-0.15, -0.1) is 0 Å². The molecule has 0 spiro atoms. The van der Waals surface area contributed by atoms with Crippen LogP contribution in [0.4, 0.5) is 24.5 Å². The molecule has 0 aliphatic heterocycles. The predicted octanol–water partition coefficient (Wildman–Crippen LogP) is 4.55. The zero-order chi connectivity index (χ0) is 23.4. The third kappa shape index (κ3) is 5.38. The Kier molecular flexibility index (Phi) is 6.73. The summed E-state index contributed by atoms with van der Waals surface area (Å²) in [4.78, 5) is 12.6. The SMILES string of the molecule is COc1cccc(N(CC(=O)Nc2cccc(C(F)(F)F)c2)S(=O)(=O)c2ccccc2)c1. The maximum Gasteiger partial charge on any atom is 0.416 e. The first kappa shape index (κ1) is 23.1. The van der Waals surface area contributed by atoms with Crippen LogP contribution in [-0.2, 0) is 21.0 Å². The number of benzene rings is 3. The van der Waals surface area contributed by atoms with Gasteiger partial charge in [0.25, 0.3) is 10.0 Å². The highest BCUT2D eigenvalue weighted by Crippen LogP contribution is 2.31. The Morgan fingerprint density at radius 1 is 0.969 bits per heavy atom. The van der Waals surface area contributed by atoms with Gasteiger partial charge in [-0.1, -0.05) is 30.3 Å². The van der Waals surface area contributed by atoms with Crippen molar-refractivity contribution in [2.24, 2.45) is 0 Å². The van der Waals surface area contributed by atoms with E-state index in [0.717, 1.165) is 22.5 Å². The largest absolute Gasteiger partial charge is 0.497 e. The Morgan fingerprint density at radius 2 is 1.66 bits per heavy atom. The van der Waals surface area contributed by atoms with Crippen molar-refractivity contribution in [3.8, 4) is 5.75 Å². The minimum atomic E-state index is -4.58. The quantitative estimate of drug-likeness (QED) is 0.557. The Bertz CT molecular complexity index is 1200. The molecular formula is C22H19F3N2O4S. The number of halogens is 3. The Hall–Kier alpha value is -3.53. The molecule has 0 atom stereocenters. The van der Waals surface area contributed by atoms with Crippen LogP contribution in [0.25, 0.3) is 0 Å². The van der Waals surface area contributed by atoms with Gasteiger partial charge in [0, 0.05) is 11.8 Å². The Balaban J connectivity index is 1.93. The molecule has 168 valence electrons. The number of carbonyl (C=O) groups excluding carboxylic acids is 1. The van der Waals surface area contributed by atoms with E-state index in [9.17, 15) is 26.4 Å². The lowest BCUT2D eigenvalue weighted by Crippen LogP contribution is -2.38. The summed E-state index contributed by atoms with van der Waals surface area (Å²) in [7, 11) is -2.75. The van der Waals surface area contributed by atoms with Crippen LogP contribution < -0.4 is 14.4 Å². The minimum Gasteiger partial charge on any atom is -0.497 e. The van der Waals surface area contributed by atoms with Crippen LogP contribution >= 0.6 is 0 Å². The van der Waals surface area contributed by atoms with Crippen molar-refractivity contribution in [2.45, 2.75) is 11.1 Å². The molecule has 0 fully saturated rings. The number of carbonyl (C=O) groups is 1. The van der Waals surface area contributed by atoms with Crippen molar-refractivity contribution in [1.82, 2.24) is 0 Å². The summed E-state index contributed by atoms with van der Waals surface area (Å²) in [5, 5.41) is 2.33. The summed E-state index contributed by atoms with van der Waals surface area (Å²) in [6.07, 6.45) is -4.58. The van der Waals surface area contributed by atoms with Gasteiger partial charge in [0.1, 0.15) is 12.3 Å². The van der Waals surface area contributed by atoms with Gasteiger partial charge in [0.2, 0.25) is 5.91 Å². The average molecular weight is 464 g/mol. The lowest BCUT2D eigenvalue weighted by atomic mass is 10.2. The number of hydrogen-bond acceptors (Lipinski definition) is 4. The van der Waals surface area contributed by atoms with E-state index in [2.05, 4.69) is 5.32 Å². The maximum absolute atomic E-state index is 13.3. The number of amides is 1. The van der Waals surface area contributed by atoms with Crippen LogP contribution in [0.1, 0.15) is 5.56 Å². The number of anilines is 2. The van der Waals surface area contributed by atoms with E-state index >= 15 is 0 Å². The molecule has 3 rings (SSSR count). The third-order valence-electron chi connectivity index (χ3n) is 4.43. The van der Waals surface area contributed by atoms with Crippen molar-refractivity contribution in [3.05, 3.63) is 84.4 Å². The molecule has 0 aliphatic carbocycles. The molecule has 0 unspecified atom stereocenters. The normalized spacial score (nSPS) is 11.6. The first-order valence-electron chi connectivity index (χ1n) is 9.30. The van der Waals surface area contributed by atoms with Crippen molar-refractivity contribution in [3.63, 3.8) is 0 Å². The number of rotatable bonds is 7. The fourth-order valence-corrected chi connectivity index (χ4v) is 4.34. The second-order valence-corrected chi connectivity index (χ2v) is 8.52. The lowest BCUT2D eigenvalue weighted by molar-refractivity contribution is -0.137. The second kappa shape index (κ2) is 9.31. The predicted molar refractivity (Wildman–Crippen MR) is 114 cm³/mol. The number of alkyl halides is 3. The van der Waals surface area contributed by atoms with Crippen LogP contribution in [0.3, 0.4) is 0 Å². The molecule has 0 bridgehead atoms. The molecule has 10 heteroatoms. The lowest BCUT2D eigenvalue weighted by Gasteiger charge is -2.24. The van der Waals surface area contributed by atoms with E-state index in [4.69, 9.17) is 4.74 Å². The van der Waals surface area contributed by atoms with E-state index < -0.39 is 34.2 Å². The topological polar surface area (TPSA) is 75.7 Å². The summed E-state index contributed by atoms with van der Waals surface area (Å²) >= 11 is 0. The van der Waals surface area contributed by atoms with Crippen molar-refractivity contribution in [1.29, 1.82) is 0 Å². The number of ether oxygens (including phenoxy) is 1. The molecule has 3 aromatic carbocycles. The highest BCUT2D eigenvalue weighted by atomic mass is 32.2. The number of nitrogens with zero attached hydrogens (tertiary/aromatic N) is 1. The summed E-state index contributed by atoms with van der Waals surface area (Å²) in [5.41, 5.74) is -0.878. The fourth-order valence-electron chi connectivity index (χ4n) is 2.90. The average Bonchev–Trinajstić information content (AvgIpc) is 2.77. The van der Waals surface area contributed by atoms with Gasteiger partial charge < -0.3 is 10.1 Å². The summed E-state index contributed by atoms with van der Waals surface area (Å²) < 4.78 is 71.4. The fraction of sp³-hybridized carbons (Fsp3) is 0.136. The molecule has 0 saturated heterocycles. The Morgan fingerprint density at radius 3 is 2.31 bits per heavy atom. The highest BCUT2D eigenvalue weighted by Gasteiger charge is 2.31. The van der Waals surface area contributed by atoms with Crippen LogP contribution in [0.2, 0.25) is 0 Å². The number of sulfonamides is 1. The van der Waals surface area contributed by atoms with Crippen LogP contribution in [0, 0.1) is 0 Å². The van der Waals surface area contributed by atoms with Crippen LogP contribution in [0.15, 0.2) is 83.8 Å². The van der Waals surface area contributed by atoms with Gasteiger partial charge in [0.05, 0.1) is 23.3 Å². The van der Waals surface area contributed by atoms with Gasteiger partial charge in [-0.2, -0.15) is 13.2 Å². The van der Waals surface area contributed by atoms with E-state index in [1.807, 2.05) is 0 Å². The monoisotopic (exact) mass is 464 g/mol. The standard InChI is InChI=1S/C22H19F3N2O4S/c1-31-19-10-6-9-18(14-19)27(32(29,30)20-11-3-2-4-12-20)15-21(28)26-17-8-5-7-16(13-17)22(23,24)25/h2-14H,15H2,1H3,(H,26,28). The molecule has 0 heterocycles. The minimum absolute atomic E-state index is 0.0466. The second-order valence-electron chi connectivity index (χ2n) is 6.65. The van der Waals surface area contributed by atoms with E-state index in [0.29, 0.717) is 5.75 Å². The van der Waals surface area contributed by atoms with Gasteiger partial charge in [0.15, 0.2) is 0 Å². The van der Waals surface area contributed by atoms with Gasteiger partial charge in [-0.25, -0.2) is 8.42 Å². The molecule has 0 aromatic heterocycles. The van der Waals surface area contributed by atoms with Gasteiger partial charge >= 0.3 is 6.18 Å². The molecule has 1 N–H and O–H groups in total. The zero-order valence-electron chi connectivity index (χ0n) is 16.8. The molecular weight excluding hydrogens is 445 g/mol. The van der Waals surface area contributed by atoms with E-state index in [1.165, 1.54) is 37.4 Å². The van der Waals surface area contributed by atoms with Crippen molar-refractivity contribution < 1.29 is 31.1 Å². The van der Waals surface area contributed by atoms with Crippen LogP contribution in [-0.4, -0.2) is 28.0 Å². The van der Waals surface area contributed by atoms with Gasteiger partial charge in [-0.05, 0) is 42.5 Å². The number of methoxy groups -OCH3 is 1. The highest BCUT2D eigenvalue weighted by molar-refractivity contribution is 7.92. The van der Waals surface area contributed by atoms with E-state index in [1.54, 1.807) is 30.3 Å². The summed E-state index contributed by atoms with van der Waals surface area (Å²) in [6.45, 7) is -0.666.